The lowest BCUT2D eigenvalue weighted by Gasteiger charge is -2.04. The van der Waals surface area contributed by atoms with Gasteiger partial charge < -0.3 is 5.32 Å². The normalized spacial score (nSPS) is 10.2. The van der Waals surface area contributed by atoms with Crippen molar-refractivity contribution in [3.63, 3.8) is 0 Å². The topological polar surface area (TPSA) is 66.9 Å². The summed E-state index contributed by atoms with van der Waals surface area (Å²) in [7, 11) is 0. The Labute approximate surface area is 116 Å². The maximum Gasteiger partial charge on any atom is 0.257 e. The summed E-state index contributed by atoms with van der Waals surface area (Å²) in [4.78, 5) is 12.0. The second kappa shape index (κ2) is 6.29. The number of hydrogen-bond donors (Lipinski definition) is 2. The Kier molecular flexibility index (Phi) is 4.46. The first-order valence-electron chi connectivity index (χ1n) is 6.20. The molecule has 0 radical (unpaired) electrons. The van der Waals surface area contributed by atoms with Crippen LogP contribution >= 0.6 is 11.3 Å². The molecule has 0 aliphatic carbocycles. The number of nitrogens with one attached hydrogen (secondary N) is 2. The number of nitrogens with zero attached hydrogens (tertiary/aromatic N) is 2. The van der Waals surface area contributed by atoms with E-state index in [9.17, 15) is 4.79 Å². The lowest BCUT2D eigenvalue weighted by Crippen LogP contribution is -2.11. The van der Waals surface area contributed by atoms with Gasteiger partial charge in [-0.15, -0.1) is 10.2 Å². The molecule has 0 aliphatic rings. The van der Waals surface area contributed by atoms with E-state index < -0.39 is 0 Å². The molecule has 0 unspecified atom stereocenters. The smallest absolute Gasteiger partial charge is 0.257 e. The maximum atomic E-state index is 12.0. The molecule has 19 heavy (non-hydrogen) atoms. The lowest BCUT2D eigenvalue weighted by molar-refractivity contribution is 0.102. The lowest BCUT2D eigenvalue weighted by atomic mass is 10.2. The van der Waals surface area contributed by atoms with Crippen molar-refractivity contribution in [3.8, 4) is 0 Å². The molecular formula is C13H16N4OS. The van der Waals surface area contributed by atoms with E-state index >= 15 is 0 Å². The van der Waals surface area contributed by atoms with Gasteiger partial charge in [0.25, 0.3) is 5.91 Å². The maximum absolute atomic E-state index is 12.0. The van der Waals surface area contributed by atoms with E-state index in [4.69, 9.17) is 0 Å². The molecule has 0 bridgehead atoms. The third-order valence-electron chi connectivity index (χ3n) is 2.52. The fourth-order valence-corrected chi connectivity index (χ4v) is 2.23. The molecule has 1 heterocycles. The van der Waals surface area contributed by atoms with Crippen LogP contribution < -0.4 is 10.6 Å². The van der Waals surface area contributed by atoms with Gasteiger partial charge in [-0.05, 0) is 37.6 Å². The van der Waals surface area contributed by atoms with Crippen molar-refractivity contribution in [3.05, 3.63) is 34.8 Å². The number of carbonyl (C=O) groups excluding carboxylic acids is 1. The average Bonchev–Trinajstić information content (AvgIpc) is 2.87. The van der Waals surface area contributed by atoms with Crippen LogP contribution in [-0.4, -0.2) is 22.6 Å². The molecule has 0 aliphatic heterocycles. The molecule has 5 nitrogen and oxygen atoms in total. The highest BCUT2D eigenvalue weighted by Gasteiger charge is 2.09. The van der Waals surface area contributed by atoms with Crippen LogP contribution in [0.4, 0.5) is 10.8 Å². The Morgan fingerprint density at radius 1 is 1.21 bits per heavy atom. The molecule has 0 saturated carbocycles. The zero-order chi connectivity index (χ0) is 13.7. The molecular weight excluding hydrogens is 260 g/mol. The minimum atomic E-state index is -0.165. The van der Waals surface area contributed by atoms with Gasteiger partial charge in [0.2, 0.25) is 5.13 Å². The predicted molar refractivity (Wildman–Crippen MR) is 77.8 cm³/mol. The van der Waals surface area contributed by atoms with E-state index in [-0.39, 0.29) is 5.91 Å². The number of amides is 1. The van der Waals surface area contributed by atoms with E-state index in [2.05, 4.69) is 20.8 Å². The van der Waals surface area contributed by atoms with Crippen LogP contribution in [0.25, 0.3) is 0 Å². The van der Waals surface area contributed by atoms with Crippen LogP contribution in [0.3, 0.4) is 0 Å². The molecule has 2 rings (SSSR count). The van der Waals surface area contributed by atoms with E-state index in [0.717, 1.165) is 23.7 Å². The second-order valence-corrected chi connectivity index (χ2v) is 4.98. The first-order valence-corrected chi connectivity index (χ1v) is 7.02. The highest BCUT2D eigenvalue weighted by Crippen LogP contribution is 2.17. The summed E-state index contributed by atoms with van der Waals surface area (Å²) in [6, 6.07) is 7.34. The van der Waals surface area contributed by atoms with Crippen molar-refractivity contribution in [2.45, 2.75) is 20.3 Å². The molecule has 2 aromatic rings. The van der Waals surface area contributed by atoms with Gasteiger partial charge in [-0.2, -0.15) is 0 Å². The van der Waals surface area contributed by atoms with E-state index in [1.54, 1.807) is 12.1 Å². The van der Waals surface area contributed by atoms with E-state index in [1.165, 1.54) is 11.3 Å². The molecule has 6 heteroatoms. The van der Waals surface area contributed by atoms with E-state index in [1.807, 2.05) is 26.0 Å². The molecule has 1 aromatic carbocycles. The van der Waals surface area contributed by atoms with Crippen LogP contribution in [0.15, 0.2) is 24.3 Å². The van der Waals surface area contributed by atoms with Crippen LogP contribution in [0, 0.1) is 0 Å². The Balaban J connectivity index is 2.02. The number of aromatic nitrogens is 2. The molecule has 0 fully saturated rings. The largest absolute Gasteiger partial charge is 0.385 e. The summed E-state index contributed by atoms with van der Waals surface area (Å²) in [6.45, 7) is 4.89. The van der Waals surface area contributed by atoms with Crippen LogP contribution in [0.2, 0.25) is 0 Å². The van der Waals surface area contributed by atoms with Gasteiger partial charge in [-0.1, -0.05) is 18.3 Å². The summed E-state index contributed by atoms with van der Waals surface area (Å²) in [5.74, 6) is -0.165. The third-order valence-corrected chi connectivity index (χ3v) is 3.50. The Hall–Kier alpha value is -1.95. The van der Waals surface area contributed by atoms with Gasteiger partial charge in [0.1, 0.15) is 5.01 Å². The van der Waals surface area contributed by atoms with Crippen molar-refractivity contribution in [1.82, 2.24) is 10.2 Å². The van der Waals surface area contributed by atoms with Crippen molar-refractivity contribution >= 4 is 28.1 Å². The SMILES string of the molecule is CCNc1ccc(C(=O)Nc2nnc(CC)s2)cc1. The zero-order valence-electron chi connectivity index (χ0n) is 10.9. The summed E-state index contributed by atoms with van der Waals surface area (Å²) < 4.78 is 0. The molecule has 0 spiro atoms. The van der Waals surface area contributed by atoms with Crippen LogP contribution in [0.1, 0.15) is 29.2 Å². The molecule has 1 aromatic heterocycles. The molecule has 0 saturated heterocycles. The molecule has 100 valence electrons. The molecule has 0 atom stereocenters. The summed E-state index contributed by atoms with van der Waals surface area (Å²) >= 11 is 1.40. The number of benzene rings is 1. The standard InChI is InChI=1S/C13H16N4OS/c1-3-11-16-17-13(19-11)15-12(18)9-5-7-10(8-6-9)14-4-2/h5-8,14H,3-4H2,1-2H3,(H,15,17,18). The fraction of sp³-hybridized carbons (Fsp3) is 0.308. The number of anilines is 2. The van der Waals surface area contributed by atoms with Crippen molar-refractivity contribution < 1.29 is 4.79 Å². The predicted octanol–water partition coefficient (Wildman–Crippen LogP) is 2.78. The molecule has 1 amide bonds. The van der Waals surface area contributed by atoms with Gasteiger partial charge in [0.15, 0.2) is 0 Å². The zero-order valence-corrected chi connectivity index (χ0v) is 11.8. The van der Waals surface area contributed by atoms with E-state index in [0.29, 0.717) is 10.7 Å². The highest BCUT2D eigenvalue weighted by atomic mass is 32.1. The number of rotatable bonds is 5. The van der Waals surface area contributed by atoms with Gasteiger partial charge in [0.05, 0.1) is 0 Å². The Morgan fingerprint density at radius 2 is 1.95 bits per heavy atom. The second-order valence-electron chi connectivity index (χ2n) is 3.92. The van der Waals surface area contributed by atoms with Crippen LogP contribution in [0.5, 0.6) is 0 Å². The average molecular weight is 276 g/mol. The van der Waals surface area contributed by atoms with Crippen molar-refractivity contribution in [2.24, 2.45) is 0 Å². The third kappa shape index (κ3) is 3.51. The monoisotopic (exact) mass is 276 g/mol. The number of carbonyl (C=O) groups is 1. The Bertz CT molecular complexity index is 550. The van der Waals surface area contributed by atoms with Gasteiger partial charge in [0, 0.05) is 17.8 Å². The summed E-state index contributed by atoms with van der Waals surface area (Å²) in [5.41, 5.74) is 1.61. The number of hydrogen-bond acceptors (Lipinski definition) is 5. The molecule has 2 N–H and O–H groups in total. The fourth-order valence-electron chi connectivity index (χ4n) is 1.56. The highest BCUT2D eigenvalue weighted by molar-refractivity contribution is 7.15. The van der Waals surface area contributed by atoms with Crippen LogP contribution in [-0.2, 0) is 6.42 Å². The van der Waals surface area contributed by atoms with Crippen molar-refractivity contribution in [2.75, 3.05) is 17.2 Å². The van der Waals surface area contributed by atoms with Gasteiger partial charge in [-0.25, -0.2) is 0 Å². The summed E-state index contributed by atoms with van der Waals surface area (Å²) in [6.07, 6.45) is 0.824. The Morgan fingerprint density at radius 3 is 2.53 bits per heavy atom. The minimum Gasteiger partial charge on any atom is -0.385 e. The first-order chi connectivity index (χ1) is 9.22. The van der Waals surface area contributed by atoms with Crippen molar-refractivity contribution in [1.29, 1.82) is 0 Å². The summed E-state index contributed by atoms with van der Waals surface area (Å²) in [5, 5.41) is 15.3. The number of aryl methyl sites for hydroxylation is 1. The van der Waals surface area contributed by atoms with Gasteiger partial charge >= 0.3 is 0 Å². The first kappa shape index (κ1) is 13.5. The minimum absolute atomic E-state index is 0.165. The van der Waals surface area contributed by atoms with Gasteiger partial charge in [-0.3, -0.25) is 10.1 Å². The quantitative estimate of drug-likeness (QED) is 0.881.